The Balaban J connectivity index is 2.08. The molecule has 138 valence electrons. The van der Waals surface area contributed by atoms with E-state index in [1.54, 1.807) is 0 Å². The fraction of sp³-hybridized carbons (Fsp3) is 0.294. The van der Waals surface area contributed by atoms with Gasteiger partial charge in [-0.05, 0) is 36.6 Å². The first-order valence-electron chi connectivity index (χ1n) is 7.66. The van der Waals surface area contributed by atoms with E-state index in [0.29, 0.717) is 11.6 Å². The minimum atomic E-state index is -4.42. The van der Waals surface area contributed by atoms with Crippen LogP contribution in [0.5, 0.6) is 5.88 Å². The van der Waals surface area contributed by atoms with Crippen LogP contribution < -0.4 is 10.5 Å². The number of carbonyl (C=O) groups is 1. The molecule has 0 saturated carbocycles. The van der Waals surface area contributed by atoms with Gasteiger partial charge in [-0.2, -0.15) is 13.2 Å². The van der Waals surface area contributed by atoms with Crippen molar-refractivity contribution in [2.75, 3.05) is 0 Å². The molecular formula is C17H13F5N2O2. The Morgan fingerprint density at radius 2 is 1.96 bits per heavy atom. The number of primary amides is 1. The third kappa shape index (κ3) is 3.76. The van der Waals surface area contributed by atoms with Crippen LogP contribution in [-0.4, -0.2) is 23.2 Å². The predicted octanol–water partition coefficient (Wildman–Crippen LogP) is 3.77. The number of carbonyl (C=O) groups excluding carboxylic acids is 1. The Morgan fingerprint density at radius 1 is 1.23 bits per heavy atom. The van der Waals surface area contributed by atoms with Gasteiger partial charge in [0.2, 0.25) is 5.88 Å². The van der Waals surface area contributed by atoms with Crippen LogP contribution in [0.2, 0.25) is 0 Å². The summed E-state index contributed by atoms with van der Waals surface area (Å²) >= 11 is 0. The molecule has 2 aromatic rings. The van der Waals surface area contributed by atoms with Gasteiger partial charge in [-0.1, -0.05) is 0 Å². The lowest BCUT2D eigenvalue weighted by Crippen LogP contribution is -2.30. The molecule has 4 nitrogen and oxygen atoms in total. The van der Waals surface area contributed by atoms with Crippen LogP contribution in [-0.2, 0) is 6.42 Å². The third-order valence-corrected chi connectivity index (χ3v) is 4.01. The maximum atomic E-state index is 14.2. The van der Waals surface area contributed by atoms with Gasteiger partial charge in [-0.25, -0.2) is 13.8 Å². The zero-order valence-corrected chi connectivity index (χ0v) is 13.2. The smallest absolute Gasteiger partial charge is 0.392 e. The molecule has 2 heterocycles. The maximum Gasteiger partial charge on any atom is 0.392 e. The zero-order chi connectivity index (χ0) is 19.1. The van der Waals surface area contributed by atoms with E-state index in [1.165, 1.54) is 12.1 Å². The molecule has 0 saturated heterocycles. The summed E-state index contributed by atoms with van der Waals surface area (Å²) in [6.45, 7) is 0. The van der Waals surface area contributed by atoms with Gasteiger partial charge in [0.25, 0.3) is 5.91 Å². The number of pyridine rings is 1. The summed E-state index contributed by atoms with van der Waals surface area (Å²) in [7, 11) is 0. The van der Waals surface area contributed by atoms with Gasteiger partial charge in [-0.3, -0.25) is 4.79 Å². The van der Waals surface area contributed by atoms with Crippen molar-refractivity contribution in [3.63, 3.8) is 0 Å². The molecule has 26 heavy (non-hydrogen) atoms. The topological polar surface area (TPSA) is 65.2 Å². The highest BCUT2D eigenvalue weighted by atomic mass is 19.4. The standard InChI is InChI=1S/C17H13F5N2O2/c18-8-1-3-10(13(19)5-8)12-6-14(15(23)25)24-16-11(12)4-2-9(26-16)7-17(20,21)22/h1,3,5-6,9H,2,4,7H2,(H2,23,25)/t9-/m1/s1. The van der Waals surface area contributed by atoms with Gasteiger partial charge >= 0.3 is 6.18 Å². The summed E-state index contributed by atoms with van der Waals surface area (Å²) in [4.78, 5) is 15.4. The van der Waals surface area contributed by atoms with Crippen LogP contribution in [0.3, 0.4) is 0 Å². The minimum Gasteiger partial charge on any atom is -0.474 e. The van der Waals surface area contributed by atoms with Gasteiger partial charge in [0, 0.05) is 17.2 Å². The third-order valence-electron chi connectivity index (χ3n) is 4.01. The number of aromatic nitrogens is 1. The quantitative estimate of drug-likeness (QED) is 0.834. The predicted molar refractivity (Wildman–Crippen MR) is 81.5 cm³/mol. The number of fused-ring (bicyclic) bond motifs is 1. The number of ether oxygens (including phenoxy) is 1. The second-order valence-corrected chi connectivity index (χ2v) is 5.93. The van der Waals surface area contributed by atoms with Crippen molar-refractivity contribution < 1.29 is 31.5 Å². The van der Waals surface area contributed by atoms with E-state index < -0.39 is 36.2 Å². The molecule has 1 aliphatic heterocycles. The van der Waals surface area contributed by atoms with Crippen LogP contribution in [0, 0.1) is 11.6 Å². The van der Waals surface area contributed by atoms with Crippen LogP contribution >= 0.6 is 0 Å². The van der Waals surface area contributed by atoms with E-state index in [4.69, 9.17) is 10.5 Å². The highest BCUT2D eigenvalue weighted by Gasteiger charge is 2.36. The Labute approximate surface area is 144 Å². The number of rotatable bonds is 3. The van der Waals surface area contributed by atoms with Gasteiger partial charge in [0.05, 0.1) is 6.42 Å². The van der Waals surface area contributed by atoms with Gasteiger partial charge in [-0.15, -0.1) is 0 Å². The summed E-state index contributed by atoms with van der Waals surface area (Å²) < 4.78 is 70.4. The first-order chi connectivity index (χ1) is 12.1. The molecule has 0 unspecified atom stereocenters. The number of alkyl halides is 3. The van der Waals surface area contributed by atoms with Crippen LogP contribution in [0.25, 0.3) is 11.1 Å². The Morgan fingerprint density at radius 3 is 2.58 bits per heavy atom. The van der Waals surface area contributed by atoms with E-state index in [9.17, 15) is 26.7 Å². The fourth-order valence-electron chi connectivity index (χ4n) is 2.89. The number of amides is 1. The summed E-state index contributed by atoms with van der Waals surface area (Å²) in [6, 6.07) is 4.10. The molecule has 0 spiro atoms. The Bertz CT molecular complexity index is 867. The molecule has 0 radical (unpaired) electrons. The van der Waals surface area contributed by atoms with Crippen molar-refractivity contribution >= 4 is 5.91 Å². The number of benzene rings is 1. The minimum absolute atomic E-state index is 0.0228. The van der Waals surface area contributed by atoms with Crippen molar-refractivity contribution in [3.05, 3.63) is 47.2 Å². The summed E-state index contributed by atoms with van der Waals surface area (Å²) in [5.41, 5.74) is 5.43. The Kier molecular flexibility index (Phi) is 4.55. The second-order valence-electron chi connectivity index (χ2n) is 5.93. The highest BCUT2D eigenvalue weighted by molar-refractivity contribution is 5.93. The zero-order valence-electron chi connectivity index (χ0n) is 13.2. The number of hydrogen-bond acceptors (Lipinski definition) is 3. The van der Waals surface area contributed by atoms with E-state index in [0.717, 1.165) is 6.07 Å². The molecule has 0 fully saturated rings. The molecule has 1 aromatic heterocycles. The maximum absolute atomic E-state index is 14.2. The largest absolute Gasteiger partial charge is 0.474 e. The molecule has 9 heteroatoms. The van der Waals surface area contributed by atoms with E-state index >= 15 is 0 Å². The van der Waals surface area contributed by atoms with Crippen molar-refractivity contribution in [1.29, 1.82) is 0 Å². The number of halogens is 5. The average molecular weight is 372 g/mol. The highest BCUT2D eigenvalue weighted by Crippen LogP contribution is 2.38. The van der Waals surface area contributed by atoms with Gasteiger partial charge in [0.15, 0.2) is 0 Å². The number of nitrogens with two attached hydrogens (primary N) is 1. The normalized spacial score (nSPS) is 16.7. The lowest BCUT2D eigenvalue weighted by molar-refractivity contribution is -0.152. The molecule has 3 rings (SSSR count). The van der Waals surface area contributed by atoms with E-state index in [-0.39, 0.29) is 35.5 Å². The second kappa shape index (κ2) is 6.54. The monoisotopic (exact) mass is 372 g/mol. The Hall–Kier alpha value is -2.71. The molecule has 1 aliphatic rings. The lowest BCUT2D eigenvalue weighted by Gasteiger charge is -2.27. The SMILES string of the molecule is NC(=O)c1cc(-c2ccc(F)cc2F)c2c(n1)O[C@@H](CC(F)(F)F)CC2. The summed E-state index contributed by atoms with van der Waals surface area (Å²) in [5, 5.41) is 0. The van der Waals surface area contributed by atoms with Crippen molar-refractivity contribution in [3.8, 4) is 17.0 Å². The van der Waals surface area contributed by atoms with E-state index in [1.807, 2.05) is 0 Å². The van der Waals surface area contributed by atoms with Crippen LogP contribution in [0.1, 0.15) is 28.9 Å². The van der Waals surface area contributed by atoms with E-state index in [2.05, 4.69) is 4.98 Å². The molecule has 1 aromatic carbocycles. The molecule has 2 N–H and O–H groups in total. The average Bonchev–Trinajstić information content (AvgIpc) is 2.52. The molecule has 1 atom stereocenters. The van der Waals surface area contributed by atoms with Gasteiger partial charge in [0.1, 0.15) is 23.4 Å². The van der Waals surface area contributed by atoms with Crippen molar-refractivity contribution in [2.24, 2.45) is 5.73 Å². The number of nitrogens with zero attached hydrogens (tertiary/aromatic N) is 1. The molecule has 0 bridgehead atoms. The van der Waals surface area contributed by atoms with Crippen LogP contribution in [0.15, 0.2) is 24.3 Å². The number of hydrogen-bond donors (Lipinski definition) is 1. The first-order valence-corrected chi connectivity index (χ1v) is 7.66. The molecule has 0 aliphatic carbocycles. The summed E-state index contributed by atoms with van der Waals surface area (Å²) in [6.07, 6.45) is -6.58. The molecule has 1 amide bonds. The van der Waals surface area contributed by atoms with Crippen LogP contribution in [0.4, 0.5) is 22.0 Å². The van der Waals surface area contributed by atoms with Crippen molar-refractivity contribution in [2.45, 2.75) is 31.5 Å². The van der Waals surface area contributed by atoms with Gasteiger partial charge < -0.3 is 10.5 Å². The fourth-order valence-corrected chi connectivity index (χ4v) is 2.89. The van der Waals surface area contributed by atoms with Crippen molar-refractivity contribution in [1.82, 2.24) is 4.98 Å². The lowest BCUT2D eigenvalue weighted by atomic mass is 9.93. The first kappa shape index (κ1) is 18.1. The molecular weight excluding hydrogens is 359 g/mol. The summed E-state index contributed by atoms with van der Waals surface area (Å²) in [5.74, 6) is -2.81.